The first-order valence-corrected chi connectivity index (χ1v) is 4.89. The fourth-order valence-electron chi connectivity index (χ4n) is 1.56. The van der Waals surface area contributed by atoms with Crippen molar-refractivity contribution in [1.82, 2.24) is 0 Å². The van der Waals surface area contributed by atoms with Gasteiger partial charge in [0, 0.05) is 16.0 Å². The van der Waals surface area contributed by atoms with Crippen molar-refractivity contribution in [3.8, 4) is 0 Å². The molecular formula is C10H8Cl2O. The highest BCUT2D eigenvalue weighted by molar-refractivity contribution is 6.36. The van der Waals surface area contributed by atoms with Gasteiger partial charge in [-0.15, -0.1) is 0 Å². The van der Waals surface area contributed by atoms with E-state index in [0.717, 1.165) is 18.3 Å². The molecule has 0 heterocycles. The molecule has 1 aliphatic carbocycles. The van der Waals surface area contributed by atoms with Crippen molar-refractivity contribution in [3.05, 3.63) is 33.8 Å². The van der Waals surface area contributed by atoms with Crippen molar-refractivity contribution in [2.45, 2.75) is 12.3 Å². The van der Waals surface area contributed by atoms with E-state index in [2.05, 4.69) is 0 Å². The Kier molecular flexibility index (Phi) is 2.31. The van der Waals surface area contributed by atoms with Crippen LogP contribution in [0.15, 0.2) is 18.2 Å². The summed E-state index contributed by atoms with van der Waals surface area (Å²) < 4.78 is 0. The van der Waals surface area contributed by atoms with Crippen molar-refractivity contribution >= 4 is 29.5 Å². The lowest BCUT2D eigenvalue weighted by atomic mass is 10.1. The van der Waals surface area contributed by atoms with Gasteiger partial charge in [0.2, 0.25) is 0 Å². The summed E-state index contributed by atoms with van der Waals surface area (Å²) in [5.74, 6) is 0.371. The third kappa shape index (κ3) is 1.59. The predicted molar refractivity (Wildman–Crippen MR) is 53.4 cm³/mol. The van der Waals surface area contributed by atoms with Gasteiger partial charge in [-0.2, -0.15) is 0 Å². The van der Waals surface area contributed by atoms with Crippen molar-refractivity contribution in [2.75, 3.05) is 0 Å². The normalized spacial score (nSPS) is 25.7. The minimum Gasteiger partial charge on any atom is -0.303 e. The summed E-state index contributed by atoms with van der Waals surface area (Å²) >= 11 is 12.0. The number of hydrogen-bond acceptors (Lipinski definition) is 1. The van der Waals surface area contributed by atoms with Crippen LogP contribution in [0.4, 0.5) is 0 Å². The first-order chi connectivity index (χ1) is 6.24. The Morgan fingerprint density at radius 3 is 2.38 bits per heavy atom. The van der Waals surface area contributed by atoms with Gasteiger partial charge in [0.05, 0.1) is 0 Å². The molecule has 0 saturated heterocycles. The fourth-order valence-corrected chi connectivity index (χ4v) is 2.24. The van der Waals surface area contributed by atoms with E-state index in [9.17, 15) is 4.79 Å². The van der Waals surface area contributed by atoms with Crippen molar-refractivity contribution < 1.29 is 4.79 Å². The molecule has 0 radical (unpaired) electrons. The Hall–Kier alpha value is -0.530. The molecule has 1 fully saturated rings. The summed E-state index contributed by atoms with van der Waals surface area (Å²) in [5, 5.41) is 1.34. The van der Waals surface area contributed by atoms with Gasteiger partial charge in [0.15, 0.2) is 0 Å². The zero-order valence-electron chi connectivity index (χ0n) is 6.84. The minimum absolute atomic E-state index is 0.123. The van der Waals surface area contributed by atoms with Gasteiger partial charge in [-0.3, -0.25) is 0 Å². The van der Waals surface area contributed by atoms with E-state index in [1.807, 2.05) is 18.2 Å². The zero-order chi connectivity index (χ0) is 9.42. The number of carbonyl (C=O) groups is 1. The molecule has 13 heavy (non-hydrogen) atoms. The lowest BCUT2D eigenvalue weighted by Gasteiger charge is -2.03. The highest BCUT2D eigenvalue weighted by Gasteiger charge is 2.40. The lowest BCUT2D eigenvalue weighted by Crippen LogP contribution is -1.87. The van der Waals surface area contributed by atoms with Gasteiger partial charge in [-0.25, -0.2) is 0 Å². The molecule has 68 valence electrons. The Morgan fingerprint density at radius 1 is 1.31 bits per heavy atom. The molecule has 1 saturated carbocycles. The minimum atomic E-state index is 0.123. The molecule has 0 unspecified atom stereocenters. The summed E-state index contributed by atoms with van der Waals surface area (Å²) in [6.45, 7) is 0. The standard InChI is InChI=1S/C10H8Cl2O/c11-8-2-1-3-9(12)10(8)7-4-6(7)5-13/h1-3,5-7H,4H2/t6-,7+/m0/s1. The summed E-state index contributed by atoms with van der Waals surface area (Å²) in [4.78, 5) is 10.5. The van der Waals surface area contributed by atoms with Crippen LogP contribution in [0.2, 0.25) is 10.0 Å². The van der Waals surface area contributed by atoms with Crippen LogP contribution in [0.25, 0.3) is 0 Å². The molecule has 0 bridgehead atoms. The molecule has 0 spiro atoms. The van der Waals surface area contributed by atoms with Gasteiger partial charge >= 0.3 is 0 Å². The van der Waals surface area contributed by atoms with Crippen molar-refractivity contribution in [1.29, 1.82) is 0 Å². The second kappa shape index (κ2) is 3.32. The van der Waals surface area contributed by atoms with E-state index >= 15 is 0 Å². The van der Waals surface area contributed by atoms with Gasteiger partial charge < -0.3 is 4.79 Å². The maximum Gasteiger partial charge on any atom is 0.123 e. The third-order valence-electron chi connectivity index (χ3n) is 2.39. The Morgan fingerprint density at radius 2 is 1.92 bits per heavy atom. The Labute approximate surface area is 86.7 Å². The molecule has 0 aliphatic heterocycles. The smallest absolute Gasteiger partial charge is 0.123 e. The summed E-state index contributed by atoms with van der Waals surface area (Å²) in [7, 11) is 0. The molecule has 3 heteroatoms. The molecule has 1 aromatic rings. The highest BCUT2D eigenvalue weighted by Crippen LogP contribution is 2.50. The Balaban J connectivity index is 2.35. The van der Waals surface area contributed by atoms with E-state index in [4.69, 9.17) is 23.2 Å². The topological polar surface area (TPSA) is 17.1 Å². The van der Waals surface area contributed by atoms with Gasteiger partial charge in [-0.1, -0.05) is 29.3 Å². The van der Waals surface area contributed by atoms with E-state index < -0.39 is 0 Å². The van der Waals surface area contributed by atoms with Crippen LogP contribution in [-0.4, -0.2) is 6.29 Å². The zero-order valence-corrected chi connectivity index (χ0v) is 8.35. The molecule has 2 atom stereocenters. The lowest BCUT2D eigenvalue weighted by molar-refractivity contribution is -0.108. The van der Waals surface area contributed by atoms with Gasteiger partial charge in [-0.05, 0) is 30.0 Å². The number of carbonyl (C=O) groups excluding carboxylic acids is 1. The van der Waals surface area contributed by atoms with E-state index in [-0.39, 0.29) is 11.8 Å². The first kappa shape index (κ1) is 9.04. The van der Waals surface area contributed by atoms with E-state index in [0.29, 0.717) is 10.0 Å². The number of halogens is 2. The quantitative estimate of drug-likeness (QED) is 0.691. The number of hydrogen-bond donors (Lipinski definition) is 0. The SMILES string of the molecule is O=C[C@@H]1C[C@H]1c1c(Cl)cccc1Cl. The molecular weight excluding hydrogens is 207 g/mol. The van der Waals surface area contributed by atoms with Crippen LogP contribution >= 0.6 is 23.2 Å². The molecule has 1 aliphatic rings. The largest absolute Gasteiger partial charge is 0.303 e. The van der Waals surface area contributed by atoms with E-state index in [1.54, 1.807) is 0 Å². The van der Waals surface area contributed by atoms with E-state index in [1.165, 1.54) is 0 Å². The van der Waals surface area contributed by atoms with Crippen molar-refractivity contribution in [2.24, 2.45) is 5.92 Å². The molecule has 1 nitrogen and oxygen atoms in total. The van der Waals surface area contributed by atoms with Crippen LogP contribution in [-0.2, 0) is 4.79 Å². The molecule has 0 N–H and O–H groups in total. The maximum atomic E-state index is 10.5. The fraction of sp³-hybridized carbons (Fsp3) is 0.300. The molecule has 2 rings (SSSR count). The highest BCUT2D eigenvalue weighted by atomic mass is 35.5. The average Bonchev–Trinajstić information content (AvgIpc) is 2.83. The number of rotatable bonds is 2. The molecule has 1 aromatic carbocycles. The maximum absolute atomic E-state index is 10.5. The van der Waals surface area contributed by atoms with Crippen LogP contribution < -0.4 is 0 Å². The summed E-state index contributed by atoms with van der Waals surface area (Å²) in [5.41, 5.74) is 0.933. The molecule has 0 amide bonds. The van der Waals surface area contributed by atoms with Crippen LogP contribution in [0.3, 0.4) is 0 Å². The van der Waals surface area contributed by atoms with Crippen LogP contribution in [0.5, 0.6) is 0 Å². The third-order valence-corrected chi connectivity index (χ3v) is 3.04. The summed E-state index contributed by atoms with van der Waals surface area (Å²) in [6.07, 6.45) is 1.86. The second-order valence-corrected chi connectivity index (χ2v) is 4.09. The van der Waals surface area contributed by atoms with Crippen LogP contribution in [0.1, 0.15) is 17.9 Å². The second-order valence-electron chi connectivity index (χ2n) is 3.28. The number of aldehydes is 1. The Bertz CT molecular complexity index is 329. The first-order valence-electron chi connectivity index (χ1n) is 4.13. The molecule has 0 aromatic heterocycles. The predicted octanol–water partition coefficient (Wildman–Crippen LogP) is 3.30. The average molecular weight is 215 g/mol. The number of benzene rings is 1. The van der Waals surface area contributed by atoms with Gasteiger partial charge in [0.25, 0.3) is 0 Å². The monoisotopic (exact) mass is 214 g/mol. The van der Waals surface area contributed by atoms with Crippen LogP contribution in [0, 0.1) is 5.92 Å². The van der Waals surface area contributed by atoms with Crippen molar-refractivity contribution in [3.63, 3.8) is 0 Å². The summed E-state index contributed by atoms with van der Waals surface area (Å²) in [6, 6.07) is 5.43. The van der Waals surface area contributed by atoms with Gasteiger partial charge in [0.1, 0.15) is 6.29 Å².